The fraction of sp³-hybridized carbons (Fsp3) is 0. The van der Waals surface area contributed by atoms with Crippen molar-refractivity contribution in [3.63, 3.8) is 0 Å². The Balaban J connectivity index is 1.99. The molecule has 0 unspecified atom stereocenters. The van der Waals surface area contributed by atoms with Gasteiger partial charge in [-0.25, -0.2) is 4.98 Å². The van der Waals surface area contributed by atoms with Crippen LogP contribution in [0.25, 0.3) is 33.4 Å². The average molecular weight is 335 g/mol. The average Bonchev–Trinajstić information content (AvgIpc) is 3.03. The van der Waals surface area contributed by atoms with E-state index in [0.29, 0.717) is 22.5 Å². The molecule has 0 atom stereocenters. The number of aromatic nitrogens is 2. The van der Waals surface area contributed by atoms with Gasteiger partial charge in [0.1, 0.15) is 11.4 Å². The molecule has 4 rings (SSSR count). The van der Waals surface area contributed by atoms with Crippen LogP contribution in [0.1, 0.15) is 0 Å². The van der Waals surface area contributed by atoms with Crippen molar-refractivity contribution < 1.29 is 4.42 Å². The van der Waals surface area contributed by atoms with Crippen LogP contribution in [0.2, 0.25) is 0 Å². The second-order valence-corrected chi connectivity index (χ2v) is 5.63. The number of para-hydroxylation sites is 3. The number of nitrogens with two attached hydrogens (primary N) is 1. The molecule has 0 aliphatic rings. The van der Waals surface area contributed by atoms with Crippen molar-refractivity contribution in [2.24, 2.45) is 10.8 Å². The maximum atomic E-state index is 5.89. The van der Waals surface area contributed by atoms with Crippen LogP contribution in [0.5, 0.6) is 0 Å². The Bertz CT molecular complexity index is 1100. The van der Waals surface area contributed by atoms with E-state index in [1.54, 1.807) is 0 Å². The van der Waals surface area contributed by atoms with E-state index in [2.05, 4.69) is 20.5 Å². The van der Waals surface area contributed by atoms with Gasteiger partial charge >= 0.3 is 0 Å². The van der Waals surface area contributed by atoms with E-state index in [1.165, 1.54) is 0 Å². The molecule has 0 fully saturated rings. The predicted molar refractivity (Wildman–Crippen MR) is 96.8 cm³/mol. The second-order valence-electron chi connectivity index (χ2n) is 5.19. The standard InChI is InChI=1S/C17H13N5OS/c18-17(24)22-21-16-11(9-10-5-1-4-8-14(10)23-16)15-19-12-6-2-3-7-13(12)20-15/h1-9H,(H,19,20)(H3,18,22,24)/b21-16+. The van der Waals surface area contributed by atoms with Crippen LogP contribution in [0.3, 0.4) is 0 Å². The first-order chi connectivity index (χ1) is 11.7. The van der Waals surface area contributed by atoms with Crippen LogP contribution >= 0.6 is 12.2 Å². The zero-order valence-electron chi connectivity index (χ0n) is 12.5. The number of benzene rings is 2. The number of hydrogen-bond donors (Lipinski definition) is 3. The molecule has 0 amide bonds. The van der Waals surface area contributed by atoms with E-state index in [0.717, 1.165) is 16.4 Å². The number of imidazole rings is 1. The molecule has 2 aromatic heterocycles. The summed E-state index contributed by atoms with van der Waals surface area (Å²) in [6.45, 7) is 0. The number of nitrogens with one attached hydrogen (secondary N) is 2. The van der Waals surface area contributed by atoms with Crippen molar-refractivity contribution in [3.05, 3.63) is 60.2 Å². The van der Waals surface area contributed by atoms with E-state index in [1.807, 2.05) is 54.6 Å². The lowest BCUT2D eigenvalue weighted by molar-refractivity contribution is 0.533. The third-order valence-electron chi connectivity index (χ3n) is 3.57. The topological polar surface area (TPSA) is 92.2 Å². The van der Waals surface area contributed by atoms with Crippen molar-refractivity contribution in [3.8, 4) is 11.4 Å². The highest BCUT2D eigenvalue weighted by molar-refractivity contribution is 7.80. The van der Waals surface area contributed by atoms with Gasteiger partial charge in [0.25, 0.3) is 0 Å². The Kier molecular flexibility index (Phi) is 3.47. The molecule has 118 valence electrons. The molecule has 4 aromatic rings. The summed E-state index contributed by atoms with van der Waals surface area (Å²) in [5, 5.41) is 5.17. The zero-order valence-corrected chi connectivity index (χ0v) is 13.3. The van der Waals surface area contributed by atoms with Gasteiger partial charge in [-0.1, -0.05) is 30.3 Å². The number of hydrogen-bond acceptors (Lipinski definition) is 4. The highest BCUT2D eigenvalue weighted by atomic mass is 32.1. The zero-order chi connectivity index (χ0) is 16.5. The molecule has 0 saturated heterocycles. The van der Waals surface area contributed by atoms with Crippen molar-refractivity contribution in [2.45, 2.75) is 0 Å². The molecule has 4 N–H and O–H groups in total. The molecule has 24 heavy (non-hydrogen) atoms. The molecular weight excluding hydrogens is 322 g/mol. The summed E-state index contributed by atoms with van der Waals surface area (Å²) in [5.74, 6) is 0.661. The maximum absolute atomic E-state index is 5.89. The number of fused-ring (bicyclic) bond motifs is 2. The quantitative estimate of drug-likeness (QED) is 0.387. The molecule has 2 aromatic carbocycles. The predicted octanol–water partition coefficient (Wildman–Crippen LogP) is 2.62. The van der Waals surface area contributed by atoms with Crippen molar-refractivity contribution >= 4 is 39.3 Å². The molecule has 0 aliphatic heterocycles. The van der Waals surface area contributed by atoms with Gasteiger partial charge in [-0.3, -0.25) is 5.43 Å². The third kappa shape index (κ3) is 2.61. The number of nitrogens with zero attached hydrogens (tertiary/aromatic N) is 2. The van der Waals surface area contributed by atoms with Crippen LogP contribution < -0.4 is 16.7 Å². The lowest BCUT2D eigenvalue weighted by atomic mass is 10.2. The van der Waals surface area contributed by atoms with E-state index in [9.17, 15) is 0 Å². The lowest BCUT2D eigenvalue weighted by Gasteiger charge is -2.02. The largest absolute Gasteiger partial charge is 0.436 e. The van der Waals surface area contributed by atoms with Crippen LogP contribution in [0.4, 0.5) is 0 Å². The van der Waals surface area contributed by atoms with Crippen LogP contribution in [-0.2, 0) is 0 Å². The second kappa shape index (κ2) is 5.78. The van der Waals surface area contributed by atoms with E-state index in [-0.39, 0.29) is 5.11 Å². The Morgan fingerprint density at radius 2 is 1.96 bits per heavy atom. The Morgan fingerprint density at radius 1 is 1.17 bits per heavy atom. The minimum Gasteiger partial charge on any atom is -0.436 e. The van der Waals surface area contributed by atoms with Gasteiger partial charge in [0, 0.05) is 5.39 Å². The van der Waals surface area contributed by atoms with Gasteiger partial charge in [-0.05, 0) is 36.5 Å². The van der Waals surface area contributed by atoms with Gasteiger partial charge in [0.15, 0.2) is 5.11 Å². The number of rotatable bonds is 2. The number of thiocarbonyl (C=S) groups is 1. The highest BCUT2D eigenvalue weighted by Crippen LogP contribution is 2.21. The van der Waals surface area contributed by atoms with Crippen molar-refractivity contribution in [1.29, 1.82) is 0 Å². The first-order valence-electron chi connectivity index (χ1n) is 7.28. The minimum atomic E-state index is 0.0638. The molecular formula is C17H13N5OS. The SMILES string of the molecule is NC(=S)N/N=c1/oc2ccccc2cc1-c1nc2ccccc2[nH]1. The molecule has 0 aliphatic carbocycles. The summed E-state index contributed by atoms with van der Waals surface area (Å²) in [6.07, 6.45) is 0. The number of H-pyrrole nitrogens is 1. The lowest BCUT2D eigenvalue weighted by Crippen LogP contribution is -2.27. The first kappa shape index (κ1) is 14.4. The first-order valence-corrected chi connectivity index (χ1v) is 7.69. The highest BCUT2D eigenvalue weighted by Gasteiger charge is 2.11. The fourth-order valence-corrected chi connectivity index (χ4v) is 2.55. The molecule has 2 heterocycles. The summed E-state index contributed by atoms with van der Waals surface area (Å²) in [4.78, 5) is 7.89. The summed E-state index contributed by atoms with van der Waals surface area (Å²) in [7, 11) is 0. The molecule has 6 nitrogen and oxygen atoms in total. The minimum absolute atomic E-state index is 0.0638. The van der Waals surface area contributed by atoms with E-state index >= 15 is 0 Å². The normalized spacial score (nSPS) is 11.9. The Hall–Kier alpha value is -3.19. The molecule has 7 heteroatoms. The molecule has 0 spiro atoms. The van der Waals surface area contributed by atoms with Crippen LogP contribution in [0, 0.1) is 0 Å². The molecule has 0 bridgehead atoms. The van der Waals surface area contributed by atoms with Gasteiger partial charge in [0.2, 0.25) is 5.55 Å². The van der Waals surface area contributed by atoms with Gasteiger partial charge in [-0.15, -0.1) is 5.10 Å². The van der Waals surface area contributed by atoms with Gasteiger partial charge in [0.05, 0.1) is 16.6 Å². The summed E-state index contributed by atoms with van der Waals surface area (Å²) in [6, 6.07) is 17.5. The summed E-state index contributed by atoms with van der Waals surface area (Å²) < 4.78 is 5.89. The number of aromatic amines is 1. The smallest absolute Gasteiger partial charge is 0.247 e. The summed E-state index contributed by atoms with van der Waals surface area (Å²) in [5.41, 5.74) is 11.6. The summed E-state index contributed by atoms with van der Waals surface area (Å²) >= 11 is 4.81. The van der Waals surface area contributed by atoms with E-state index in [4.69, 9.17) is 22.4 Å². The molecule has 0 saturated carbocycles. The van der Waals surface area contributed by atoms with Gasteiger partial charge in [-0.2, -0.15) is 0 Å². The van der Waals surface area contributed by atoms with Crippen LogP contribution in [0.15, 0.2) is 64.1 Å². The van der Waals surface area contributed by atoms with E-state index < -0.39 is 0 Å². The molecule has 0 radical (unpaired) electrons. The van der Waals surface area contributed by atoms with Crippen molar-refractivity contribution in [1.82, 2.24) is 15.4 Å². The monoisotopic (exact) mass is 335 g/mol. The Labute approximate surface area is 142 Å². The van der Waals surface area contributed by atoms with Gasteiger partial charge < -0.3 is 15.1 Å². The third-order valence-corrected chi connectivity index (χ3v) is 3.66. The maximum Gasteiger partial charge on any atom is 0.247 e. The van der Waals surface area contributed by atoms with Crippen molar-refractivity contribution in [2.75, 3.05) is 0 Å². The fourth-order valence-electron chi connectivity index (χ4n) is 2.51. The van der Waals surface area contributed by atoms with Crippen LogP contribution in [-0.4, -0.2) is 15.1 Å². The Morgan fingerprint density at radius 3 is 2.79 bits per heavy atom.